The van der Waals surface area contributed by atoms with Crippen molar-refractivity contribution < 1.29 is 27.5 Å². The molecular weight excluding hydrogens is 511 g/mol. The Hall–Kier alpha value is -4.64. The molecule has 0 saturated carbocycles. The largest absolute Gasteiger partial charge is 0.341 e. The zero-order chi connectivity index (χ0) is 27.3. The van der Waals surface area contributed by atoms with Crippen molar-refractivity contribution in [2.24, 2.45) is 4.99 Å². The summed E-state index contributed by atoms with van der Waals surface area (Å²) >= 11 is 0. The molecule has 0 radical (unpaired) electrons. The molecular formula is C28H20F3N5O3. The third-order valence-corrected chi connectivity index (χ3v) is 6.61. The highest BCUT2D eigenvalue weighted by molar-refractivity contribution is 6.06. The molecule has 0 unspecified atom stereocenters. The van der Waals surface area contributed by atoms with Crippen LogP contribution in [0.25, 0.3) is 23.0 Å². The molecule has 39 heavy (non-hydrogen) atoms. The molecule has 11 heteroatoms. The summed E-state index contributed by atoms with van der Waals surface area (Å²) in [6.07, 6.45) is 3.11. The van der Waals surface area contributed by atoms with Crippen LogP contribution in [0.5, 0.6) is 0 Å². The van der Waals surface area contributed by atoms with Crippen LogP contribution in [-0.4, -0.2) is 44.1 Å². The predicted octanol–water partition coefficient (Wildman–Crippen LogP) is 2.78. The first kappa shape index (κ1) is 24.7. The van der Waals surface area contributed by atoms with E-state index in [0.717, 1.165) is 29.0 Å². The Kier molecular flexibility index (Phi) is 6.07. The average molecular weight is 531 g/mol. The quantitative estimate of drug-likeness (QED) is 0.357. The molecule has 1 saturated heterocycles. The van der Waals surface area contributed by atoms with Crippen molar-refractivity contribution in [2.45, 2.75) is 25.7 Å². The maximum atomic E-state index is 14.0. The molecule has 196 valence electrons. The molecule has 6 rings (SSSR count). The molecule has 0 N–H and O–H groups in total. The first-order valence-electron chi connectivity index (χ1n) is 12.1. The maximum Gasteiger partial charge on any atom is 0.270 e. The Morgan fingerprint density at radius 2 is 1.79 bits per heavy atom. The Labute approximate surface area is 219 Å². The Morgan fingerprint density at radius 1 is 1.00 bits per heavy atom. The molecule has 2 aliphatic rings. The maximum absolute atomic E-state index is 14.0. The number of halogens is 3. The number of rotatable bonds is 6. The third kappa shape index (κ3) is 4.72. The normalized spacial score (nSPS) is 18.3. The Balaban J connectivity index is 1.38. The summed E-state index contributed by atoms with van der Waals surface area (Å²) in [7, 11) is 0. The van der Waals surface area contributed by atoms with Gasteiger partial charge >= 0.3 is 0 Å². The number of carbonyl (C=O) groups is 2. The molecule has 8 nitrogen and oxygen atoms in total. The van der Waals surface area contributed by atoms with Crippen molar-refractivity contribution in [1.82, 2.24) is 19.7 Å². The van der Waals surface area contributed by atoms with Crippen molar-refractivity contribution >= 4 is 17.9 Å². The van der Waals surface area contributed by atoms with E-state index in [0.29, 0.717) is 28.6 Å². The number of hydrogen-bond donors (Lipinski definition) is 0. The fraction of sp³-hybridized carbons (Fsp3) is 0.179. The third-order valence-electron chi connectivity index (χ3n) is 6.61. The highest BCUT2D eigenvalue weighted by Gasteiger charge is 2.40. The molecule has 1 fully saturated rings. The van der Waals surface area contributed by atoms with Gasteiger partial charge in [-0.2, -0.15) is 9.49 Å². The summed E-state index contributed by atoms with van der Waals surface area (Å²) in [5.41, 5.74) is 2.21. The number of amides is 2. The number of hydrogen-bond acceptors (Lipinski definition) is 5. The van der Waals surface area contributed by atoms with Crippen LogP contribution in [0.3, 0.4) is 0 Å². The summed E-state index contributed by atoms with van der Waals surface area (Å²) in [5.74, 6) is -2.80. The highest BCUT2D eigenvalue weighted by atomic mass is 19.1. The van der Waals surface area contributed by atoms with Gasteiger partial charge in [-0.25, -0.2) is 23.4 Å². The van der Waals surface area contributed by atoms with Crippen LogP contribution in [0.1, 0.15) is 24.3 Å². The average Bonchev–Trinajstić information content (AvgIpc) is 3.57. The zero-order valence-electron chi connectivity index (χ0n) is 20.5. The van der Waals surface area contributed by atoms with Crippen LogP contribution in [0, 0.1) is 17.6 Å². The van der Waals surface area contributed by atoms with Crippen LogP contribution in [0.2, 0.25) is 0 Å². The summed E-state index contributed by atoms with van der Waals surface area (Å²) in [6.45, 7) is 1.91. The second kappa shape index (κ2) is 9.59. The molecule has 0 aliphatic carbocycles. The number of aromatic nitrogens is 3. The molecule has 2 aromatic carbocycles. The standard InChI is InChI=1S/C28H20F3N5O3/c1-15-27(38)35(7-6-16-2-4-23-18(8-16)9-25(37)33-23)28(39-15)22-14-36(21-11-19(29)10-20(30)12-21)34-26(22)17-3-5-24(31)32-13-17/h2-5,8-15,28H,6-7H2,1H3/t15-,28+/m0/s1. The smallest absolute Gasteiger partial charge is 0.270 e. The first-order valence-corrected chi connectivity index (χ1v) is 12.1. The SMILES string of the molecule is C[C@@H]1O[C@H](c2cn(-c3cc(F)cc(F)c3)nc2-c2ccc(F)nc2)N(CCc2ccc3c(c2)=CC(=O)N=3)C1=O. The summed E-state index contributed by atoms with van der Waals surface area (Å²) < 4.78 is 48.9. The number of carbonyl (C=O) groups excluding carboxylic acids is 2. The van der Waals surface area contributed by atoms with Gasteiger partial charge in [-0.05, 0) is 55.3 Å². The van der Waals surface area contributed by atoms with E-state index in [1.807, 2.05) is 12.1 Å². The fourth-order valence-electron chi connectivity index (χ4n) is 4.77. The van der Waals surface area contributed by atoms with Crippen LogP contribution < -0.4 is 10.6 Å². The van der Waals surface area contributed by atoms with Crippen LogP contribution >= 0.6 is 0 Å². The van der Waals surface area contributed by atoms with Crippen LogP contribution in [0.15, 0.2) is 65.9 Å². The second-order valence-corrected chi connectivity index (χ2v) is 9.27. The predicted molar refractivity (Wildman–Crippen MR) is 132 cm³/mol. The minimum atomic E-state index is -0.878. The van der Waals surface area contributed by atoms with Gasteiger partial charge in [0, 0.05) is 47.4 Å². The molecule has 0 bridgehead atoms. The van der Waals surface area contributed by atoms with Crippen molar-refractivity contribution in [3.63, 3.8) is 0 Å². The molecule has 0 spiro atoms. The van der Waals surface area contributed by atoms with Crippen molar-refractivity contribution in [3.05, 3.63) is 100 Å². The topological polar surface area (TPSA) is 89.7 Å². The number of nitrogens with zero attached hydrogens (tertiary/aromatic N) is 5. The van der Waals surface area contributed by atoms with E-state index in [9.17, 15) is 22.8 Å². The van der Waals surface area contributed by atoms with Gasteiger partial charge in [0.25, 0.3) is 11.8 Å². The number of fused-ring (bicyclic) bond motifs is 1. The lowest BCUT2D eigenvalue weighted by Gasteiger charge is -2.23. The monoisotopic (exact) mass is 531 g/mol. The van der Waals surface area contributed by atoms with Gasteiger partial charge in [-0.3, -0.25) is 9.59 Å². The lowest BCUT2D eigenvalue weighted by molar-refractivity contribution is -0.130. The minimum Gasteiger partial charge on any atom is -0.341 e. The van der Waals surface area contributed by atoms with Gasteiger partial charge in [0.15, 0.2) is 6.23 Å². The molecule has 4 heterocycles. The van der Waals surface area contributed by atoms with Gasteiger partial charge < -0.3 is 9.64 Å². The molecule has 2 aromatic heterocycles. The lowest BCUT2D eigenvalue weighted by Crippen LogP contribution is -2.32. The summed E-state index contributed by atoms with van der Waals surface area (Å²) in [5, 5.41) is 5.84. The zero-order valence-corrected chi connectivity index (χ0v) is 20.5. The van der Waals surface area contributed by atoms with Crippen molar-refractivity contribution in [1.29, 1.82) is 0 Å². The second-order valence-electron chi connectivity index (χ2n) is 9.27. The van der Waals surface area contributed by atoms with E-state index in [-0.39, 0.29) is 24.0 Å². The van der Waals surface area contributed by atoms with Gasteiger partial charge in [0.2, 0.25) is 5.95 Å². The summed E-state index contributed by atoms with van der Waals surface area (Å²) in [4.78, 5) is 33.9. The van der Waals surface area contributed by atoms with Gasteiger partial charge in [0.05, 0.1) is 11.0 Å². The van der Waals surface area contributed by atoms with Gasteiger partial charge in [0.1, 0.15) is 23.4 Å². The number of pyridine rings is 1. The van der Waals surface area contributed by atoms with E-state index < -0.39 is 29.9 Å². The van der Waals surface area contributed by atoms with E-state index in [1.54, 1.807) is 17.9 Å². The van der Waals surface area contributed by atoms with Crippen molar-refractivity contribution in [3.8, 4) is 16.9 Å². The summed E-state index contributed by atoms with van der Waals surface area (Å²) in [6, 6.07) is 11.1. The van der Waals surface area contributed by atoms with Crippen molar-refractivity contribution in [2.75, 3.05) is 6.54 Å². The minimum absolute atomic E-state index is 0.119. The Bertz CT molecular complexity index is 1730. The van der Waals surface area contributed by atoms with E-state index in [2.05, 4.69) is 15.1 Å². The van der Waals surface area contributed by atoms with E-state index in [4.69, 9.17) is 4.74 Å². The molecule has 2 amide bonds. The first-order chi connectivity index (χ1) is 18.7. The number of ether oxygens (including phenoxy) is 1. The van der Waals surface area contributed by atoms with Gasteiger partial charge in [-0.15, -0.1) is 0 Å². The lowest BCUT2D eigenvalue weighted by atomic mass is 10.1. The molecule has 2 aliphatic heterocycles. The van der Waals surface area contributed by atoms with Crippen LogP contribution in [0.4, 0.5) is 13.2 Å². The Morgan fingerprint density at radius 3 is 2.54 bits per heavy atom. The number of benzene rings is 2. The van der Waals surface area contributed by atoms with Gasteiger partial charge in [-0.1, -0.05) is 6.07 Å². The van der Waals surface area contributed by atoms with Crippen LogP contribution in [-0.2, 0) is 20.7 Å². The molecule has 4 aromatic rings. The molecule has 2 atom stereocenters. The van der Waals surface area contributed by atoms with E-state index in [1.165, 1.54) is 35.3 Å². The highest BCUT2D eigenvalue weighted by Crippen LogP contribution is 2.37. The fourth-order valence-corrected chi connectivity index (χ4v) is 4.77. The van der Waals surface area contributed by atoms with E-state index >= 15 is 0 Å².